The monoisotopic (exact) mass is 380 g/mol. The van der Waals surface area contributed by atoms with E-state index in [0.717, 1.165) is 21.9 Å². The number of aromatic amines is 1. The van der Waals surface area contributed by atoms with Crippen molar-refractivity contribution in [3.05, 3.63) is 75.8 Å². The molecule has 2 heterocycles. The predicted octanol–water partition coefficient (Wildman–Crippen LogP) is 2.89. The van der Waals surface area contributed by atoms with Gasteiger partial charge in [-0.2, -0.15) is 5.10 Å². The summed E-state index contributed by atoms with van der Waals surface area (Å²) in [5.41, 5.74) is 1.82. The van der Waals surface area contributed by atoms with Crippen LogP contribution in [-0.4, -0.2) is 27.2 Å². The zero-order valence-electron chi connectivity index (χ0n) is 14.4. The van der Waals surface area contributed by atoms with Gasteiger partial charge in [0.25, 0.3) is 5.56 Å². The Morgan fingerprint density at radius 1 is 1.19 bits per heavy atom. The highest BCUT2D eigenvalue weighted by molar-refractivity contribution is 6.31. The maximum absolute atomic E-state index is 12.4. The maximum Gasteiger partial charge on any atom is 0.275 e. The molecule has 6 nitrogen and oxygen atoms in total. The number of amides is 1. The van der Waals surface area contributed by atoms with Crippen LogP contribution >= 0.6 is 11.6 Å². The van der Waals surface area contributed by atoms with Crippen LogP contribution < -0.4 is 10.9 Å². The highest BCUT2D eigenvalue weighted by atomic mass is 35.5. The average Bonchev–Trinajstić information content (AvgIpc) is 3.06. The summed E-state index contributed by atoms with van der Waals surface area (Å²) in [6.07, 6.45) is 4.17. The van der Waals surface area contributed by atoms with Crippen molar-refractivity contribution in [2.45, 2.75) is 13.0 Å². The smallest absolute Gasteiger partial charge is 0.275 e. The molecule has 0 bridgehead atoms. The molecule has 1 amide bonds. The lowest BCUT2D eigenvalue weighted by Gasteiger charge is -2.07. The average molecular weight is 381 g/mol. The molecule has 27 heavy (non-hydrogen) atoms. The molecule has 2 aromatic heterocycles. The fraction of sp³-hybridized carbons (Fsp3) is 0.150. The number of benzene rings is 2. The van der Waals surface area contributed by atoms with Gasteiger partial charge in [0, 0.05) is 34.1 Å². The SMILES string of the molecule is O=C(Cn1ncc2ccccc2c1=O)NCCc1c[nH]c2ccc(Cl)cc12. The molecule has 0 saturated carbocycles. The summed E-state index contributed by atoms with van der Waals surface area (Å²) in [6, 6.07) is 12.9. The van der Waals surface area contributed by atoms with Crippen molar-refractivity contribution in [3.63, 3.8) is 0 Å². The molecule has 136 valence electrons. The van der Waals surface area contributed by atoms with Gasteiger partial charge >= 0.3 is 0 Å². The van der Waals surface area contributed by atoms with Gasteiger partial charge in [-0.1, -0.05) is 29.8 Å². The van der Waals surface area contributed by atoms with Crippen molar-refractivity contribution in [1.29, 1.82) is 0 Å². The van der Waals surface area contributed by atoms with Crippen LogP contribution in [0.25, 0.3) is 21.7 Å². The van der Waals surface area contributed by atoms with E-state index in [9.17, 15) is 9.59 Å². The lowest BCUT2D eigenvalue weighted by molar-refractivity contribution is -0.121. The third-order valence-electron chi connectivity index (χ3n) is 4.50. The Hall–Kier alpha value is -3.12. The van der Waals surface area contributed by atoms with Gasteiger partial charge in [0.2, 0.25) is 5.91 Å². The Kier molecular flexibility index (Phi) is 4.64. The second-order valence-corrected chi connectivity index (χ2v) is 6.73. The van der Waals surface area contributed by atoms with Crippen LogP contribution in [-0.2, 0) is 17.8 Å². The van der Waals surface area contributed by atoms with Gasteiger partial charge in [-0.05, 0) is 36.2 Å². The second-order valence-electron chi connectivity index (χ2n) is 6.30. The van der Waals surface area contributed by atoms with E-state index in [1.165, 1.54) is 4.68 Å². The number of halogens is 1. The van der Waals surface area contributed by atoms with Gasteiger partial charge in [0.05, 0.1) is 11.6 Å². The minimum Gasteiger partial charge on any atom is -0.361 e. The molecule has 0 aliphatic heterocycles. The van der Waals surface area contributed by atoms with Crippen molar-refractivity contribution >= 4 is 39.2 Å². The van der Waals surface area contributed by atoms with Gasteiger partial charge in [0.1, 0.15) is 6.54 Å². The first-order valence-corrected chi connectivity index (χ1v) is 8.97. The molecular weight excluding hydrogens is 364 g/mol. The number of fused-ring (bicyclic) bond motifs is 2. The van der Waals surface area contributed by atoms with E-state index in [0.29, 0.717) is 23.4 Å². The minimum atomic E-state index is -0.269. The fourth-order valence-corrected chi connectivity index (χ4v) is 3.30. The van der Waals surface area contributed by atoms with Crippen LogP contribution in [0.2, 0.25) is 5.02 Å². The molecule has 0 fully saturated rings. The Balaban J connectivity index is 1.40. The molecule has 0 spiro atoms. The van der Waals surface area contributed by atoms with Crippen molar-refractivity contribution in [1.82, 2.24) is 20.1 Å². The zero-order chi connectivity index (χ0) is 18.8. The Labute approximate surface area is 159 Å². The quantitative estimate of drug-likeness (QED) is 0.558. The lowest BCUT2D eigenvalue weighted by atomic mass is 10.1. The van der Waals surface area contributed by atoms with Crippen LogP contribution in [0.1, 0.15) is 5.56 Å². The number of carbonyl (C=O) groups is 1. The minimum absolute atomic E-state index is 0.108. The largest absolute Gasteiger partial charge is 0.361 e. The third-order valence-corrected chi connectivity index (χ3v) is 4.74. The molecule has 2 N–H and O–H groups in total. The summed E-state index contributed by atoms with van der Waals surface area (Å²) in [6.45, 7) is 0.351. The van der Waals surface area contributed by atoms with Crippen LogP contribution in [0, 0.1) is 0 Å². The topological polar surface area (TPSA) is 79.8 Å². The molecule has 4 aromatic rings. The van der Waals surface area contributed by atoms with Crippen molar-refractivity contribution in [2.75, 3.05) is 6.54 Å². The van der Waals surface area contributed by atoms with E-state index in [2.05, 4.69) is 15.4 Å². The number of nitrogens with one attached hydrogen (secondary N) is 2. The predicted molar refractivity (Wildman–Crippen MR) is 106 cm³/mol. The molecule has 0 unspecified atom stereocenters. The summed E-state index contributed by atoms with van der Waals surface area (Å²) in [5, 5.41) is 9.95. The lowest BCUT2D eigenvalue weighted by Crippen LogP contribution is -2.34. The Morgan fingerprint density at radius 2 is 2.04 bits per heavy atom. The first-order valence-electron chi connectivity index (χ1n) is 8.59. The first-order chi connectivity index (χ1) is 13.1. The highest BCUT2D eigenvalue weighted by Gasteiger charge is 2.09. The van der Waals surface area contributed by atoms with Gasteiger partial charge in [-0.15, -0.1) is 0 Å². The fourth-order valence-electron chi connectivity index (χ4n) is 3.13. The van der Waals surface area contributed by atoms with E-state index < -0.39 is 0 Å². The summed E-state index contributed by atoms with van der Waals surface area (Å²) in [4.78, 5) is 27.8. The van der Waals surface area contributed by atoms with Gasteiger partial charge in [-0.3, -0.25) is 9.59 Å². The molecule has 7 heteroatoms. The van der Waals surface area contributed by atoms with E-state index in [1.807, 2.05) is 36.5 Å². The maximum atomic E-state index is 12.4. The number of hydrogen-bond acceptors (Lipinski definition) is 3. The normalized spacial score (nSPS) is 11.1. The molecule has 0 aliphatic rings. The standard InChI is InChI=1S/C20H17ClN4O2/c21-15-5-6-18-17(9-15)14(10-23-18)7-8-22-19(26)12-25-20(27)16-4-2-1-3-13(16)11-24-25/h1-6,9-11,23H,7-8,12H2,(H,22,26). The summed E-state index contributed by atoms with van der Waals surface area (Å²) in [7, 11) is 0. The number of carbonyl (C=O) groups excluding carboxylic acids is 1. The number of aromatic nitrogens is 3. The third kappa shape index (κ3) is 3.57. The van der Waals surface area contributed by atoms with Crippen molar-refractivity contribution < 1.29 is 4.79 Å². The van der Waals surface area contributed by atoms with Crippen LogP contribution in [0.5, 0.6) is 0 Å². The molecule has 2 aromatic carbocycles. The summed E-state index contributed by atoms with van der Waals surface area (Å²) in [5.74, 6) is -0.252. The molecule has 0 saturated heterocycles. The van der Waals surface area contributed by atoms with E-state index in [4.69, 9.17) is 11.6 Å². The number of hydrogen-bond donors (Lipinski definition) is 2. The summed E-state index contributed by atoms with van der Waals surface area (Å²) >= 11 is 6.06. The van der Waals surface area contributed by atoms with Crippen molar-refractivity contribution in [2.24, 2.45) is 0 Å². The highest BCUT2D eigenvalue weighted by Crippen LogP contribution is 2.22. The van der Waals surface area contributed by atoms with Crippen LogP contribution in [0.15, 0.2) is 59.7 Å². The second kappa shape index (κ2) is 7.25. The van der Waals surface area contributed by atoms with Crippen LogP contribution in [0.4, 0.5) is 0 Å². The first kappa shape index (κ1) is 17.3. The van der Waals surface area contributed by atoms with Crippen LogP contribution in [0.3, 0.4) is 0 Å². The van der Waals surface area contributed by atoms with Gasteiger partial charge in [0.15, 0.2) is 0 Å². The zero-order valence-corrected chi connectivity index (χ0v) is 15.2. The van der Waals surface area contributed by atoms with E-state index in [1.54, 1.807) is 18.3 Å². The summed E-state index contributed by atoms with van der Waals surface area (Å²) < 4.78 is 1.18. The van der Waals surface area contributed by atoms with E-state index in [-0.39, 0.29) is 18.0 Å². The molecule has 4 rings (SSSR count). The van der Waals surface area contributed by atoms with E-state index >= 15 is 0 Å². The molecule has 0 aliphatic carbocycles. The van der Waals surface area contributed by atoms with Crippen molar-refractivity contribution in [3.8, 4) is 0 Å². The molecular formula is C20H17ClN4O2. The Morgan fingerprint density at radius 3 is 2.93 bits per heavy atom. The molecule has 0 atom stereocenters. The molecule has 0 radical (unpaired) electrons. The number of rotatable bonds is 5. The van der Waals surface area contributed by atoms with Gasteiger partial charge in [-0.25, -0.2) is 4.68 Å². The Bertz CT molecular complexity index is 1200. The number of nitrogens with zero attached hydrogens (tertiary/aromatic N) is 2. The van der Waals surface area contributed by atoms with Gasteiger partial charge < -0.3 is 10.3 Å². The number of H-pyrrole nitrogens is 1.